The van der Waals surface area contributed by atoms with Crippen molar-refractivity contribution in [3.63, 3.8) is 0 Å². The second kappa shape index (κ2) is 4.48. The predicted molar refractivity (Wildman–Crippen MR) is 53.2 cm³/mol. The fraction of sp³-hybridized carbons (Fsp3) is 0.333. The van der Waals surface area contributed by atoms with Crippen molar-refractivity contribution >= 4 is 15.9 Å². The molecule has 0 bridgehead atoms. The monoisotopic (exact) mass is 229 g/mol. The zero-order valence-electron chi connectivity index (χ0n) is 7.01. The summed E-state index contributed by atoms with van der Waals surface area (Å²) in [5.41, 5.74) is 0. The van der Waals surface area contributed by atoms with E-state index in [0.29, 0.717) is 0 Å². The first-order chi connectivity index (χ1) is 5.70. The van der Waals surface area contributed by atoms with Crippen LogP contribution in [0.5, 0.6) is 0 Å². The molecule has 0 amide bonds. The van der Waals surface area contributed by atoms with Crippen molar-refractivity contribution in [2.75, 3.05) is 6.54 Å². The molecule has 0 aliphatic rings. The van der Waals surface area contributed by atoms with Crippen LogP contribution in [0.15, 0.2) is 33.9 Å². The van der Waals surface area contributed by atoms with Crippen LogP contribution < -0.4 is 5.32 Å². The second-order valence-electron chi connectivity index (χ2n) is 2.64. The standard InChI is InChI=1S/C9H12BrNO/c1-7(10)6-11-8(2)9-4-3-5-12-9/h3-5,8,11H,1,6H2,2H3/t8-/m0/s1. The van der Waals surface area contributed by atoms with E-state index in [1.165, 1.54) is 0 Å². The van der Waals surface area contributed by atoms with Gasteiger partial charge in [-0.2, -0.15) is 0 Å². The first-order valence-corrected chi connectivity index (χ1v) is 4.59. The van der Waals surface area contributed by atoms with Crippen molar-refractivity contribution < 1.29 is 4.42 Å². The van der Waals surface area contributed by atoms with E-state index in [1.807, 2.05) is 12.1 Å². The average molecular weight is 230 g/mol. The highest BCUT2D eigenvalue weighted by Crippen LogP contribution is 2.12. The highest BCUT2D eigenvalue weighted by Gasteiger charge is 2.05. The van der Waals surface area contributed by atoms with Gasteiger partial charge in [0, 0.05) is 11.0 Å². The summed E-state index contributed by atoms with van der Waals surface area (Å²) in [6.07, 6.45) is 1.68. The Kier molecular flexibility index (Phi) is 3.56. The lowest BCUT2D eigenvalue weighted by atomic mass is 10.2. The zero-order valence-corrected chi connectivity index (χ0v) is 8.60. The van der Waals surface area contributed by atoms with Crippen LogP contribution in [-0.4, -0.2) is 6.54 Å². The topological polar surface area (TPSA) is 25.2 Å². The Bertz CT molecular complexity index is 243. The molecule has 0 aromatic carbocycles. The maximum Gasteiger partial charge on any atom is 0.120 e. The van der Waals surface area contributed by atoms with E-state index in [1.54, 1.807) is 6.26 Å². The lowest BCUT2D eigenvalue weighted by molar-refractivity contribution is 0.441. The van der Waals surface area contributed by atoms with E-state index < -0.39 is 0 Å². The third kappa shape index (κ3) is 2.83. The first kappa shape index (κ1) is 9.55. The highest BCUT2D eigenvalue weighted by atomic mass is 79.9. The summed E-state index contributed by atoms with van der Waals surface area (Å²) >= 11 is 3.28. The molecule has 0 radical (unpaired) electrons. The van der Waals surface area contributed by atoms with Gasteiger partial charge in [-0.15, -0.1) is 0 Å². The van der Waals surface area contributed by atoms with E-state index in [9.17, 15) is 0 Å². The summed E-state index contributed by atoms with van der Waals surface area (Å²) in [7, 11) is 0. The molecule has 0 saturated carbocycles. The fourth-order valence-corrected chi connectivity index (χ4v) is 1.06. The lowest BCUT2D eigenvalue weighted by Crippen LogP contribution is -2.19. The van der Waals surface area contributed by atoms with E-state index in [4.69, 9.17) is 4.42 Å². The summed E-state index contributed by atoms with van der Waals surface area (Å²) in [5.74, 6) is 0.948. The number of nitrogens with one attached hydrogen (secondary N) is 1. The molecule has 1 heterocycles. The SMILES string of the molecule is C=C(Br)CN[C@@H](C)c1ccco1. The number of rotatable bonds is 4. The Morgan fingerprint density at radius 3 is 3.08 bits per heavy atom. The molecular formula is C9H12BrNO. The van der Waals surface area contributed by atoms with Crippen LogP contribution in [-0.2, 0) is 0 Å². The maximum absolute atomic E-state index is 5.22. The summed E-state index contributed by atoms with van der Waals surface area (Å²) < 4.78 is 6.17. The van der Waals surface area contributed by atoms with Crippen molar-refractivity contribution in [3.8, 4) is 0 Å². The van der Waals surface area contributed by atoms with Gasteiger partial charge in [-0.3, -0.25) is 0 Å². The molecule has 1 atom stereocenters. The Morgan fingerprint density at radius 2 is 2.58 bits per heavy atom. The van der Waals surface area contributed by atoms with Gasteiger partial charge >= 0.3 is 0 Å². The minimum absolute atomic E-state index is 0.231. The minimum Gasteiger partial charge on any atom is -0.468 e. The third-order valence-electron chi connectivity index (χ3n) is 1.57. The largest absolute Gasteiger partial charge is 0.468 e. The molecule has 1 aromatic heterocycles. The van der Waals surface area contributed by atoms with E-state index in [2.05, 4.69) is 34.7 Å². The van der Waals surface area contributed by atoms with Crippen LogP contribution in [0, 0.1) is 0 Å². The normalized spacial score (nSPS) is 12.8. The Labute approximate surface area is 80.8 Å². The van der Waals surface area contributed by atoms with E-state index >= 15 is 0 Å². The molecule has 1 N–H and O–H groups in total. The molecule has 0 aliphatic carbocycles. The Morgan fingerprint density at radius 1 is 1.83 bits per heavy atom. The van der Waals surface area contributed by atoms with Crippen molar-refractivity contribution in [2.24, 2.45) is 0 Å². The summed E-state index contributed by atoms with van der Waals surface area (Å²) in [4.78, 5) is 0. The molecule has 0 spiro atoms. The zero-order chi connectivity index (χ0) is 8.97. The number of hydrogen-bond acceptors (Lipinski definition) is 2. The van der Waals surface area contributed by atoms with Gasteiger partial charge in [0.1, 0.15) is 5.76 Å². The minimum atomic E-state index is 0.231. The van der Waals surface area contributed by atoms with Gasteiger partial charge in [-0.1, -0.05) is 22.5 Å². The smallest absolute Gasteiger partial charge is 0.120 e. The molecule has 0 aliphatic heterocycles. The molecule has 0 unspecified atom stereocenters. The van der Waals surface area contributed by atoms with Crippen LogP contribution in [0.2, 0.25) is 0 Å². The molecule has 3 heteroatoms. The fourth-order valence-electron chi connectivity index (χ4n) is 0.902. The van der Waals surface area contributed by atoms with Gasteiger partial charge < -0.3 is 9.73 Å². The molecule has 1 rings (SSSR count). The summed E-state index contributed by atoms with van der Waals surface area (Å²) in [5, 5.41) is 3.24. The van der Waals surface area contributed by atoms with Crippen LogP contribution in [0.25, 0.3) is 0 Å². The van der Waals surface area contributed by atoms with Gasteiger partial charge in [-0.05, 0) is 19.1 Å². The van der Waals surface area contributed by atoms with Crippen LogP contribution in [0.4, 0.5) is 0 Å². The molecule has 12 heavy (non-hydrogen) atoms. The Hall–Kier alpha value is -0.540. The molecule has 1 aromatic rings. The first-order valence-electron chi connectivity index (χ1n) is 3.80. The van der Waals surface area contributed by atoms with E-state index in [-0.39, 0.29) is 6.04 Å². The van der Waals surface area contributed by atoms with Crippen molar-refractivity contribution in [3.05, 3.63) is 35.2 Å². The second-order valence-corrected chi connectivity index (χ2v) is 3.76. The molecule has 0 saturated heterocycles. The lowest BCUT2D eigenvalue weighted by Gasteiger charge is -2.09. The molecule has 2 nitrogen and oxygen atoms in total. The third-order valence-corrected chi connectivity index (χ3v) is 1.85. The summed E-state index contributed by atoms with van der Waals surface area (Å²) in [6, 6.07) is 4.07. The van der Waals surface area contributed by atoms with Crippen molar-refractivity contribution in [1.82, 2.24) is 5.32 Å². The molecule has 0 fully saturated rings. The number of furan rings is 1. The Balaban J connectivity index is 2.39. The van der Waals surface area contributed by atoms with Crippen molar-refractivity contribution in [2.45, 2.75) is 13.0 Å². The van der Waals surface area contributed by atoms with Crippen LogP contribution in [0.3, 0.4) is 0 Å². The quantitative estimate of drug-likeness (QED) is 0.860. The van der Waals surface area contributed by atoms with Gasteiger partial charge in [0.05, 0.1) is 12.3 Å². The van der Waals surface area contributed by atoms with Gasteiger partial charge in [0.25, 0.3) is 0 Å². The average Bonchev–Trinajstić information content (AvgIpc) is 2.51. The highest BCUT2D eigenvalue weighted by molar-refractivity contribution is 9.11. The number of hydrogen-bond donors (Lipinski definition) is 1. The van der Waals surface area contributed by atoms with Gasteiger partial charge in [-0.25, -0.2) is 0 Å². The van der Waals surface area contributed by atoms with Crippen LogP contribution in [0.1, 0.15) is 18.7 Å². The van der Waals surface area contributed by atoms with Gasteiger partial charge in [0.15, 0.2) is 0 Å². The van der Waals surface area contributed by atoms with E-state index in [0.717, 1.165) is 16.8 Å². The predicted octanol–water partition coefficient (Wildman–Crippen LogP) is 2.84. The number of halogens is 1. The van der Waals surface area contributed by atoms with Crippen LogP contribution >= 0.6 is 15.9 Å². The van der Waals surface area contributed by atoms with Crippen molar-refractivity contribution in [1.29, 1.82) is 0 Å². The molecule has 66 valence electrons. The van der Waals surface area contributed by atoms with Gasteiger partial charge in [0.2, 0.25) is 0 Å². The maximum atomic E-state index is 5.22. The molecular weight excluding hydrogens is 218 g/mol. The summed E-state index contributed by atoms with van der Waals surface area (Å²) in [6.45, 7) is 6.53.